The molecule has 8 heteroatoms. The molecule has 0 aliphatic carbocycles. The summed E-state index contributed by atoms with van der Waals surface area (Å²) in [7, 11) is 0. The number of aromatic nitrogens is 2. The van der Waals surface area contributed by atoms with Crippen LogP contribution in [0, 0.1) is 0 Å². The lowest BCUT2D eigenvalue weighted by Gasteiger charge is -2.17. The number of hydrogen-bond acceptors (Lipinski definition) is 7. The van der Waals surface area contributed by atoms with E-state index in [1.165, 1.54) is 31.1 Å². The number of carbonyl (C=O) groups excluding carboxylic acids is 1. The second-order valence-electron chi connectivity index (χ2n) is 5.34. The molecule has 4 rings (SSSR count). The predicted molar refractivity (Wildman–Crippen MR) is 102 cm³/mol. The molecule has 2 bridgehead atoms. The molecule has 8 nitrogen and oxygen atoms in total. The maximum Gasteiger partial charge on any atom is 0.267 e. The van der Waals surface area contributed by atoms with Gasteiger partial charge in [-0.15, -0.1) is 0 Å². The van der Waals surface area contributed by atoms with Gasteiger partial charge in [-0.05, 0) is 12.2 Å². The third-order valence-corrected chi connectivity index (χ3v) is 3.45. The molecule has 136 valence electrons. The van der Waals surface area contributed by atoms with Gasteiger partial charge in [0.15, 0.2) is 6.40 Å². The normalized spacial score (nSPS) is 23.9. The van der Waals surface area contributed by atoms with Crippen molar-refractivity contribution in [2.45, 2.75) is 6.42 Å². The van der Waals surface area contributed by atoms with Gasteiger partial charge in [-0.3, -0.25) is 4.79 Å². The van der Waals surface area contributed by atoms with Crippen molar-refractivity contribution in [1.82, 2.24) is 9.97 Å². The smallest absolute Gasteiger partial charge is 0.267 e. The molecule has 0 atom stereocenters. The summed E-state index contributed by atoms with van der Waals surface area (Å²) in [6.07, 6.45) is 18.6. The Balaban J connectivity index is 1.87. The Morgan fingerprint density at radius 3 is 2.78 bits per heavy atom. The predicted octanol–water partition coefficient (Wildman–Crippen LogP) is 1.85. The van der Waals surface area contributed by atoms with Crippen LogP contribution in [0.25, 0.3) is 6.08 Å². The first-order valence-electron chi connectivity index (χ1n) is 8.13. The number of hydrogen-bond donors (Lipinski definition) is 1. The molecule has 3 aliphatic heterocycles. The van der Waals surface area contributed by atoms with E-state index in [4.69, 9.17) is 15.2 Å². The van der Waals surface area contributed by atoms with E-state index in [-0.39, 0.29) is 5.71 Å². The van der Waals surface area contributed by atoms with Gasteiger partial charge in [-0.1, -0.05) is 24.3 Å². The maximum atomic E-state index is 11.5. The molecule has 4 heterocycles. The van der Waals surface area contributed by atoms with Crippen LogP contribution in [0.5, 0.6) is 5.88 Å². The zero-order valence-electron chi connectivity index (χ0n) is 14.4. The summed E-state index contributed by atoms with van der Waals surface area (Å²) in [5.41, 5.74) is 7.01. The molecule has 0 fully saturated rings. The number of primary amides is 1. The molecule has 0 radical (unpaired) electrons. The number of ether oxygens (including phenoxy) is 2. The summed E-state index contributed by atoms with van der Waals surface area (Å²) < 4.78 is 10.7. The van der Waals surface area contributed by atoms with E-state index in [2.05, 4.69) is 20.0 Å². The molecule has 2 N–H and O–H groups in total. The Hall–Kier alpha value is -3.81. The third-order valence-electron chi connectivity index (χ3n) is 3.45. The Morgan fingerprint density at radius 1 is 1.07 bits per heavy atom. The fourth-order valence-electron chi connectivity index (χ4n) is 2.17. The Kier molecular flexibility index (Phi) is 6.03. The van der Waals surface area contributed by atoms with Crippen LogP contribution < -0.4 is 10.5 Å². The minimum absolute atomic E-state index is 0.00908. The fourth-order valence-corrected chi connectivity index (χ4v) is 2.17. The van der Waals surface area contributed by atoms with E-state index < -0.39 is 5.91 Å². The van der Waals surface area contributed by atoms with Crippen LogP contribution in [0.3, 0.4) is 0 Å². The molecular formula is C19H17N5O3. The topological polar surface area (TPSA) is 112 Å². The van der Waals surface area contributed by atoms with Gasteiger partial charge < -0.3 is 15.2 Å². The van der Waals surface area contributed by atoms with E-state index in [1.54, 1.807) is 0 Å². The van der Waals surface area contributed by atoms with Crippen LogP contribution in [-0.2, 0) is 16.0 Å². The first kappa shape index (κ1) is 18.0. The van der Waals surface area contributed by atoms with Gasteiger partial charge in [0.2, 0.25) is 5.88 Å². The molecule has 0 aromatic carbocycles. The molecule has 1 amide bonds. The quantitative estimate of drug-likeness (QED) is 0.831. The summed E-state index contributed by atoms with van der Waals surface area (Å²) in [5.74, 6) is 0.428. The van der Waals surface area contributed by atoms with E-state index in [1.807, 2.05) is 36.5 Å². The van der Waals surface area contributed by atoms with Gasteiger partial charge in [0, 0.05) is 18.5 Å². The van der Waals surface area contributed by atoms with Crippen molar-refractivity contribution in [2.24, 2.45) is 15.7 Å². The van der Waals surface area contributed by atoms with Crippen LogP contribution in [-0.4, -0.2) is 34.6 Å². The number of carbonyl (C=O) groups is 1. The lowest BCUT2D eigenvalue weighted by atomic mass is 10.1. The van der Waals surface area contributed by atoms with Crippen molar-refractivity contribution in [3.63, 3.8) is 0 Å². The van der Waals surface area contributed by atoms with Crippen LogP contribution in [0.2, 0.25) is 0 Å². The minimum atomic E-state index is -0.697. The van der Waals surface area contributed by atoms with Crippen molar-refractivity contribution >= 4 is 24.1 Å². The van der Waals surface area contributed by atoms with Gasteiger partial charge >= 0.3 is 0 Å². The zero-order chi connectivity index (χ0) is 18.9. The Labute approximate surface area is 155 Å². The average molecular weight is 363 g/mol. The fraction of sp³-hybridized carbons (Fsp3) is 0.105. The lowest BCUT2D eigenvalue weighted by molar-refractivity contribution is -0.111. The number of aliphatic imine (C=N–C) groups is 2. The highest BCUT2D eigenvalue weighted by Crippen LogP contribution is 2.29. The minimum Gasteiger partial charge on any atom is -0.479 e. The summed E-state index contributed by atoms with van der Waals surface area (Å²) in [4.78, 5) is 27.9. The highest BCUT2D eigenvalue weighted by Gasteiger charge is 2.22. The molecule has 1 aromatic heterocycles. The van der Waals surface area contributed by atoms with E-state index in [0.29, 0.717) is 18.3 Å². The highest BCUT2D eigenvalue weighted by molar-refractivity contribution is 6.42. The monoisotopic (exact) mass is 363 g/mol. The molecule has 3 aliphatic rings. The van der Waals surface area contributed by atoms with Crippen LogP contribution >= 0.6 is 0 Å². The van der Waals surface area contributed by atoms with Gasteiger partial charge in [-0.25, -0.2) is 15.0 Å². The van der Waals surface area contributed by atoms with Crippen molar-refractivity contribution in [1.29, 1.82) is 0 Å². The summed E-state index contributed by atoms with van der Waals surface area (Å²) in [6, 6.07) is 0. The number of nitrogens with zero attached hydrogens (tertiary/aromatic N) is 4. The van der Waals surface area contributed by atoms with Crippen molar-refractivity contribution in [3.05, 3.63) is 72.2 Å². The van der Waals surface area contributed by atoms with E-state index in [0.717, 1.165) is 17.7 Å². The molecular weight excluding hydrogens is 346 g/mol. The largest absolute Gasteiger partial charge is 0.479 e. The lowest BCUT2D eigenvalue weighted by Crippen LogP contribution is -2.21. The Bertz CT molecular complexity index is 924. The van der Waals surface area contributed by atoms with Crippen molar-refractivity contribution < 1.29 is 14.3 Å². The van der Waals surface area contributed by atoms with Crippen molar-refractivity contribution in [2.75, 3.05) is 6.61 Å². The van der Waals surface area contributed by atoms with Crippen LogP contribution in [0.4, 0.5) is 0 Å². The highest BCUT2D eigenvalue weighted by atomic mass is 16.5. The maximum absolute atomic E-state index is 11.5. The summed E-state index contributed by atoms with van der Waals surface area (Å²) in [6.45, 7) is 0.376. The molecule has 0 unspecified atom stereocenters. The average Bonchev–Trinajstić information content (AvgIpc) is 2.62. The first-order valence-corrected chi connectivity index (χ1v) is 8.13. The molecule has 0 spiro atoms. The molecule has 1 aromatic rings. The Morgan fingerprint density at radius 2 is 1.93 bits per heavy atom. The number of amides is 1. The second kappa shape index (κ2) is 9.04. The second-order valence-corrected chi connectivity index (χ2v) is 5.34. The summed E-state index contributed by atoms with van der Waals surface area (Å²) >= 11 is 0. The standard InChI is InChI=1S/C19H17N5O3/c20-18(25)15-7-11-27-19-14(16-12-17(23-16)24-19)6-4-2-1-3-5-10-26-13-21-8-9-22-15/h1-9,11,13H,10,12H2,(H2,20,25)/b2-1-,5-3-,6-4-,9-8-,11-7-,21-13?,22-15+. The number of allylic oxidation sites excluding steroid dienone is 4. The van der Waals surface area contributed by atoms with E-state index >= 15 is 0 Å². The third kappa shape index (κ3) is 5.08. The zero-order valence-corrected chi connectivity index (χ0v) is 14.4. The van der Waals surface area contributed by atoms with Gasteiger partial charge in [0.05, 0.1) is 23.9 Å². The number of nitrogens with two attached hydrogens (primary N) is 1. The number of rotatable bonds is 1. The van der Waals surface area contributed by atoms with Crippen LogP contribution in [0.1, 0.15) is 17.1 Å². The van der Waals surface area contributed by atoms with Crippen molar-refractivity contribution in [3.8, 4) is 5.88 Å². The molecule has 27 heavy (non-hydrogen) atoms. The van der Waals surface area contributed by atoms with Gasteiger partial charge in [0.25, 0.3) is 5.91 Å². The molecule has 0 saturated carbocycles. The summed E-state index contributed by atoms with van der Waals surface area (Å²) in [5, 5.41) is 0. The van der Waals surface area contributed by atoms with Crippen LogP contribution in [0.15, 0.2) is 65.1 Å². The molecule has 0 saturated heterocycles. The SMILES string of the molecule is NC(=O)C1=N/C=C\N=COC\C=C/C=C\C=C/c2c3nc(nc2O/C=C\1)C3. The van der Waals surface area contributed by atoms with Gasteiger partial charge in [-0.2, -0.15) is 4.98 Å². The van der Waals surface area contributed by atoms with Gasteiger partial charge in [0.1, 0.15) is 18.1 Å². The first-order chi connectivity index (χ1) is 13.2. The van der Waals surface area contributed by atoms with E-state index in [9.17, 15) is 4.79 Å².